The topological polar surface area (TPSA) is 47.0 Å². The second-order valence-electron chi connectivity index (χ2n) is 4.84. The molecule has 0 radical (unpaired) electrons. The predicted molar refractivity (Wildman–Crippen MR) is 91.8 cm³/mol. The average Bonchev–Trinajstić information content (AvgIpc) is 2.53. The summed E-state index contributed by atoms with van der Waals surface area (Å²) in [6.07, 6.45) is 0. The summed E-state index contributed by atoms with van der Waals surface area (Å²) in [6.45, 7) is 2.62. The molecule has 0 spiro atoms. The minimum Gasteiger partial charge on any atom is -0.497 e. The molecule has 1 aromatic heterocycles. The number of fused-ring (bicyclic) bond motifs is 1. The van der Waals surface area contributed by atoms with Gasteiger partial charge in [0.2, 0.25) is 0 Å². The van der Waals surface area contributed by atoms with Gasteiger partial charge in [0.15, 0.2) is 0 Å². The summed E-state index contributed by atoms with van der Waals surface area (Å²) in [5, 5.41) is 4.43. The van der Waals surface area contributed by atoms with Gasteiger partial charge in [-0.25, -0.2) is 9.97 Å². The summed E-state index contributed by atoms with van der Waals surface area (Å²) in [7, 11) is 1.67. The number of aromatic nitrogens is 2. The van der Waals surface area contributed by atoms with E-state index in [9.17, 15) is 0 Å². The van der Waals surface area contributed by atoms with Gasteiger partial charge in [0.05, 0.1) is 12.6 Å². The molecule has 2 aromatic carbocycles. The molecule has 1 heterocycles. The first-order valence-corrected chi connectivity index (χ1v) is 6.86. The highest BCUT2D eigenvalue weighted by Gasteiger charge is 2.05. The first-order chi connectivity index (χ1) is 10.3. The van der Waals surface area contributed by atoms with Crippen LogP contribution in [-0.4, -0.2) is 17.1 Å². The Labute approximate surface area is 136 Å². The maximum atomic E-state index is 5.16. The molecule has 22 heavy (non-hydrogen) atoms. The predicted octanol–water partition coefficient (Wildman–Crippen LogP) is 3.98. The number of anilines is 1. The molecule has 1 N–H and O–H groups in total. The van der Waals surface area contributed by atoms with Crippen molar-refractivity contribution in [3.8, 4) is 5.75 Å². The molecular formula is C17H18ClN3O. The van der Waals surface area contributed by atoms with E-state index in [2.05, 4.69) is 15.3 Å². The van der Waals surface area contributed by atoms with Crippen LogP contribution in [0.15, 0.2) is 48.5 Å². The van der Waals surface area contributed by atoms with Crippen LogP contribution in [0.2, 0.25) is 0 Å². The van der Waals surface area contributed by atoms with Crippen LogP contribution in [0, 0.1) is 6.92 Å². The van der Waals surface area contributed by atoms with E-state index < -0.39 is 0 Å². The molecule has 5 heteroatoms. The van der Waals surface area contributed by atoms with E-state index in [1.165, 1.54) is 5.56 Å². The lowest BCUT2D eigenvalue weighted by Crippen LogP contribution is -2.04. The second-order valence-corrected chi connectivity index (χ2v) is 4.84. The van der Waals surface area contributed by atoms with E-state index >= 15 is 0 Å². The Kier molecular flexibility index (Phi) is 5.17. The van der Waals surface area contributed by atoms with Gasteiger partial charge in [-0.15, -0.1) is 12.4 Å². The van der Waals surface area contributed by atoms with Crippen molar-refractivity contribution >= 4 is 29.1 Å². The SMILES string of the molecule is COc1ccc(CNc2nc(C)nc3ccccc23)cc1.Cl. The third kappa shape index (κ3) is 3.46. The number of nitrogens with one attached hydrogen (secondary N) is 1. The standard InChI is InChI=1S/C17H17N3O.ClH/c1-12-19-16-6-4-3-5-15(16)17(20-12)18-11-13-7-9-14(21-2)10-8-13;/h3-10H,11H2,1-2H3,(H,18,19,20);1H. The van der Waals surface area contributed by atoms with Crippen LogP contribution >= 0.6 is 12.4 Å². The van der Waals surface area contributed by atoms with E-state index in [-0.39, 0.29) is 12.4 Å². The Balaban J connectivity index is 0.00000176. The summed E-state index contributed by atoms with van der Waals surface area (Å²) in [5.41, 5.74) is 2.14. The number of aryl methyl sites for hydroxylation is 1. The van der Waals surface area contributed by atoms with Crippen LogP contribution < -0.4 is 10.1 Å². The number of halogens is 1. The maximum Gasteiger partial charge on any atom is 0.137 e. The van der Waals surface area contributed by atoms with E-state index in [0.29, 0.717) is 6.54 Å². The Bertz CT molecular complexity index is 759. The van der Waals surface area contributed by atoms with E-state index in [1.807, 2.05) is 55.5 Å². The lowest BCUT2D eigenvalue weighted by molar-refractivity contribution is 0.414. The van der Waals surface area contributed by atoms with Gasteiger partial charge in [-0.2, -0.15) is 0 Å². The molecule has 0 unspecified atom stereocenters. The van der Waals surface area contributed by atoms with Crippen LogP contribution in [0.25, 0.3) is 10.9 Å². The summed E-state index contributed by atoms with van der Waals surface area (Å²) in [4.78, 5) is 8.95. The second kappa shape index (κ2) is 7.09. The summed E-state index contributed by atoms with van der Waals surface area (Å²) < 4.78 is 5.16. The molecular weight excluding hydrogens is 298 g/mol. The molecule has 0 aliphatic carbocycles. The average molecular weight is 316 g/mol. The normalized spacial score (nSPS) is 10.1. The molecule has 0 bridgehead atoms. The van der Waals surface area contributed by atoms with Gasteiger partial charge in [-0.1, -0.05) is 24.3 Å². The molecule has 0 saturated carbocycles. The number of rotatable bonds is 4. The van der Waals surface area contributed by atoms with E-state index in [0.717, 1.165) is 28.3 Å². The fourth-order valence-corrected chi connectivity index (χ4v) is 2.26. The fourth-order valence-electron chi connectivity index (χ4n) is 2.26. The quantitative estimate of drug-likeness (QED) is 0.791. The first-order valence-electron chi connectivity index (χ1n) is 6.86. The molecule has 0 aliphatic heterocycles. The number of ether oxygens (including phenoxy) is 1. The molecule has 3 aromatic rings. The molecule has 114 valence electrons. The number of hydrogen-bond acceptors (Lipinski definition) is 4. The zero-order valence-electron chi connectivity index (χ0n) is 12.5. The molecule has 4 nitrogen and oxygen atoms in total. The zero-order valence-corrected chi connectivity index (χ0v) is 13.4. The fraction of sp³-hybridized carbons (Fsp3) is 0.176. The Hall–Kier alpha value is -2.33. The van der Waals surface area contributed by atoms with Crippen LogP contribution in [0.4, 0.5) is 5.82 Å². The molecule has 0 fully saturated rings. The smallest absolute Gasteiger partial charge is 0.137 e. The highest BCUT2D eigenvalue weighted by Crippen LogP contribution is 2.21. The van der Waals surface area contributed by atoms with Crippen molar-refractivity contribution in [3.63, 3.8) is 0 Å². The molecule has 0 saturated heterocycles. The monoisotopic (exact) mass is 315 g/mol. The first kappa shape index (κ1) is 16.0. The highest BCUT2D eigenvalue weighted by molar-refractivity contribution is 5.88. The summed E-state index contributed by atoms with van der Waals surface area (Å²) in [5.74, 6) is 2.50. The number of nitrogens with zero attached hydrogens (tertiary/aromatic N) is 2. The Morgan fingerprint density at radius 1 is 1.00 bits per heavy atom. The van der Waals surface area contributed by atoms with Crippen molar-refractivity contribution in [2.24, 2.45) is 0 Å². The lowest BCUT2D eigenvalue weighted by atomic mass is 10.2. The van der Waals surface area contributed by atoms with Crippen molar-refractivity contribution in [2.45, 2.75) is 13.5 Å². The van der Waals surface area contributed by atoms with Gasteiger partial charge in [-0.05, 0) is 36.8 Å². The summed E-state index contributed by atoms with van der Waals surface area (Å²) in [6, 6.07) is 16.0. The van der Waals surface area contributed by atoms with Gasteiger partial charge in [0.1, 0.15) is 17.4 Å². The summed E-state index contributed by atoms with van der Waals surface area (Å²) >= 11 is 0. The molecule has 3 rings (SSSR count). The van der Waals surface area contributed by atoms with E-state index in [4.69, 9.17) is 4.74 Å². The van der Waals surface area contributed by atoms with Gasteiger partial charge in [0.25, 0.3) is 0 Å². The van der Waals surface area contributed by atoms with Crippen LogP contribution in [0.1, 0.15) is 11.4 Å². The van der Waals surface area contributed by atoms with Gasteiger partial charge < -0.3 is 10.1 Å². The number of methoxy groups -OCH3 is 1. The van der Waals surface area contributed by atoms with Crippen LogP contribution in [-0.2, 0) is 6.54 Å². The number of hydrogen-bond donors (Lipinski definition) is 1. The van der Waals surface area contributed by atoms with Gasteiger partial charge in [-0.3, -0.25) is 0 Å². The van der Waals surface area contributed by atoms with Crippen LogP contribution in [0.5, 0.6) is 5.75 Å². The third-order valence-corrected chi connectivity index (χ3v) is 3.33. The van der Waals surface area contributed by atoms with Gasteiger partial charge >= 0.3 is 0 Å². The van der Waals surface area contributed by atoms with Crippen molar-refractivity contribution in [3.05, 3.63) is 59.9 Å². The minimum absolute atomic E-state index is 0. The van der Waals surface area contributed by atoms with Crippen molar-refractivity contribution in [1.82, 2.24) is 9.97 Å². The molecule has 0 atom stereocenters. The van der Waals surface area contributed by atoms with Gasteiger partial charge in [0, 0.05) is 11.9 Å². The molecule has 0 amide bonds. The number of para-hydroxylation sites is 1. The zero-order chi connectivity index (χ0) is 14.7. The van der Waals surface area contributed by atoms with Crippen molar-refractivity contribution < 1.29 is 4.74 Å². The molecule has 0 aliphatic rings. The van der Waals surface area contributed by atoms with E-state index in [1.54, 1.807) is 7.11 Å². The largest absolute Gasteiger partial charge is 0.497 e. The Morgan fingerprint density at radius 3 is 2.45 bits per heavy atom. The van der Waals surface area contributed by atoms with Crippen LogP contribution in [0.3, 0.4) is 0 Å². The maximum absolute atomic E-state index is 5.16. The lowest BCUT2D eigenvalue weighted by Gasteiger charge is -2.10. The highest BCUT2D eigenvalue weighted by atomic mass is 35.5. The van der Waals surface area contributed by atoms with Crippen molar-refractivity contribution in [2.75, 3.05) is 12.4 Å². The third-order valence-electron chi connectivity index (χ3n) is 3.33. The Morgan fingerprint density at radius 2 is 1.73 bits per heavy atom. The minimum atomic E-state index is 0. The van der Waals surface area contributed by atoms with Crippen molar-refractivity contribution in [1.29, 1.82) is 0 Å². The number of benzene rings is 2.